The highest BCUT2D eigenvalue weighted by Crippen LogP contribution is 2.42. The summed E-state index contributed by atoms with van der Waals surface area (Å²) in [6.07, 6.45) is 1.79. The van der Waals surface area contributed by atoms with Gasteiger partial charge in [0.05, 0.1) is 22.3 Å². The molecule has 4 aromatic carbocycles. The molecule has 0 spiro atoms. The zero-order valence-electron chi connectivity index (χ0n) is 37.6. The van der Waals surface area contributed by atoms with E-state index in [2.05, 4.69) is 105 Å². The van der Waals surface area contributed by atoms with E-state index in [4.69, 9.17) is 18.2 Å². The van der Waals surface area contributed by atoms with Gasteiger partial charge in [-0.2, -0.15) is 0 Å². The van der Waals surface area contributed by atoms with Gasteiger partial charge in [0.25, 0.3) is 0 Å². The molecule has 0 aliphatic rings. The summed E-state index contributed by atoms with van der Waals surface area (Å²) in [4.78, 5) is 10.0. The van der Waals surface area contributed by atoms with Crippen LogP contribution in [-0.4, -0.2) is 19.6 Å². The first-order valence-electron chi connectivity index (χ1n) is 20.5. The van der Waals surface area contributed by atoms with E-state index in [-0.39, 0.29) is 33.2 Å². The van der Waals surface area contributed by atoms with E-state index in [1.54, 1.807) is 6.20 Å². The number of hydrogen-bond donors (Lipinski definition) is 1. The van der Waals surface area contributed by atoms with E-state index in [0.717, 1.165) is 62.0 Å². The molecule has 0 atom stereocenters. The van der Waals surface area contributed by atoms with Gasteiger partial charge in [-0.15, -0.1) is 0 Å². The van der Waals surface area contributed by atoms with Crippen LogP contribution in [-0.2, 0) is 16.2 Å². The maximum absolute atomic E-state index is 11.9. The average molecular weight is 682 g/mol. The second-order valence-corrected chi connectivity index (χ2v) is 16.9. The van der Waals surface area contributed by atoms with Crippen molar-refractivity contribution >= 4 is 16.6 Å². The molecule has 6 aromatic rings. The van der Waals surface area contributed by atoms with Crippen LogP contribution in [0, 0.1) is 13.7 Å². The summed E-state index contributed by atoms with van der Waals surface area (Å²) < 4.78 is 51.7. The van der Waals surface area contributed by atoms with Gasteiger partial charge in [0.2, 0.25) is 0 Å². The summed E-state index contributed by atoms with van der Waals surface area (Å²) in [5.74, 6) is -0.315. The molecule has 0 saturated carbocycles. The minimum atomic E-state index is -2.80. The highest BCUT2D eigenvalue weighted by Gasteiger charge is 2.26. The number of benzene rings is 4. The zero-order valence-corrected chi connectivity index (χ0v) is 31.6. The molecule has 0 aliphatic heterocycles. The van der Waals surface area contributed by atoms with Gasteiger partial charge in [-0.25, -0.2) is 4.98 Å². The highest BCUT2D eigenvalue weighted by molar-refractivity contribution is 5.97. The largest absolute Gasteiger partial charge is 0.507 e. The van der Waals surface area contributed by atoms with Crippen LogP contribution in [0.25, 0.3) is 56.1 Å². The number of hydrogen-bond acceptors (Lipinski definition) is 3. The Morgan fingerprint density at radius 2 is 1.37 bits per heavy atom. The van der Waals surface area contributed by atoms with Gasteiger partial charge in [-0.1, -0.05) is 105 Å². The number of nitrogens with zero attached hydrogens (tertiary/aromatic N) is 3. The molecular formula is C47H53N3O. The van der Waals surface area contributed by atoms with E-state index in [1.165, 1.54) is 6.07 Å². The van der Waals surface area contributed by atoms with Crippen LogP contribution in [0.4, 0.5) is 0 Å². The average Bonchev–Trinajstić information content (AvgIpc) is 3.49. The number of phenols is 1. The van der Waals surface area contributed by atoms with Crippen molar-refractivity contribution in [2.24, 2.45) is 0 Å². The van der Waals surface area contributed by atoms with Crippen LogP contribution in [0.3, 0.4) is 0 Å². The third kappa shape index (κ3) is 7.02. The van der Waals surface area contributed by atoms with Gasteiger partial charge in [0, 0.05) is 31.2 Å². The Balaban J connectivity index is 1.78. The van der Waals surface area contributed by atoms with Gasteiger partial charge in [0.1, 0.15) is 11.6 Å². The van der Waals surface area contributed by atoms with Crippen LogP contribution in [0.15, 0.2) is 91.6 Å². The Kier molecular flexibility index (Phi) is 7.13. The zero-order chi connectivity index (χ0) is 42.2. The number of imidazole rings is 1. The summed E-state index contributed by atoms with van der Waals surface area (Å²) in [6, 6.07) is 25.2. The molecule has 262 valence electrons. The fraction of sp³-hybridized carbons (Fsp3) is 0.319. The monoisotopic (exact) mass is 681 g/mol. The van der Waals surface area contributed by atoms with Gasteiger partial charge in [0.15, 0.2) is 0 Å². The van der Waals surface area contributed by atoms with Crippen LogP contribution in [0.2, 0.25) is 0 Å². The van der Waals surface area contributed by atoms with Gasteiger partial charge >= 0.3 is 0 Å². The first kappa shape index (κ1) is 28.7. The lowest BCUT2D eigenvalue weighted by atomic mass is 9.80. The maximum atomic E-state index is 11.9. The van der Waals surface area contributed by atoms with Crippen molar-refractivity contribution in [2.45, 2.75) is 99.2 Å². The molecule has 2 aromatic heterocycles. The molecule has 0 amide bonds. The Morgan fingerprint density at radius 3 is 1.98 bits per heavy atom. The Morgan fingerprint density at radius 1 is 0.725 bits per heavy atom. The first-order chi connectivity index (χ1) is 26.1. The van der Waals surface area contributed by atoms with Crippen molar-refractivity contribution in [3.63, 3.8) is 0 Å². The lowest BCUT2D eigenvalue weighted by Crippen LogP contribution is -2.17. The smallest absolute Gasteiger partial charge is 0.149 e. The molecule has 0 unspecified atom stereocenters. The molecule has 0 radical (unpaired) electrons. The second kappa shape index (κ2) is 12.7. The minimum absolute atomic E-state index is 0.0142. The lowest BCUT2D eigenvalue weighted by Gasteiger charge is -2.27. The maximum Gasteiger partial charge on any atom is 0.149 e. The summed E-state index contributed by atoms with van der Waals surface area (Å²) in [7, 11) is 0. The standard InChI is InChI=1S/C47H53N3O/c1-28(2)31-17-18-48-40(24-31)33-21-32(22-34(23-33)45(5,6)7)38-15-14-16-41-42(38)49-44(39-20-29(3)19-30(4)43(39)51)50(41)37-26-35(46(8,9)10)25-36(27-37)47(11,12)13/h14-27,51H,1H2,2-13H3/i3D3,4D3. The fourth-order valence-electron chi connectivity index (χ4n) is 6.40. The molecule has 0 aliphatic carbocycles. The number of fused-ring (bicyclic) bond motifs is 1. The Labute approximate surface area is 313 Å². The molecule has 1 N–H and O–H groups in total. The van der Waals surface area contributed by atoms with E-state index >= 15 is 0 Å². The van der Waals surface area contributed by atoms with Gasteiger partial charge in [-0.3, -0.25) is 9.55 Å². The second-order valence-electron chi connectivity index (χ2n) is 16.9. The van der Waals surface area contributed by atoms with Gasteiger partial charge in [-0.05, 0) is 124 Å². The topological polar surface area (TPSA) is 50.9 Å². The summed E-state index contributed by atoms with van der Waals surface area (Å²) in [6.45, 7) is 20.1. The van der Waals surface area contributed by atoms with Crippen LogP contribution < -0.4 is 0 Å². The van der Waals surface area contributed by atoms with Crippen LogP contribution >= 0.6 is 0 Å². The number of phenolic OH excluding ortho intramolecular Hbond substituents is 1. The van der Waals surface area contributed by atoms with Crippen LogP contribution in [0.1, 0.15) is 111 Å². The number of pyridine rings is 1. The number of para-hydroxylation sites is 1. The van der Waals surface area contributed by atoms with E-state index in [0.29, 0.717) is 11.0 Å². The van der Waals surface area contributed by atoms with Crippen molar-refractivity contribution in [2.75, 3.05) is 0 Å². The number of allylic oxidation sites excluding steroid dienone is 1. The van der Waals surface area contributed by atoms with Crippen molar-refractivity contribution in [3.05, 3.63) is 125 Å². The number of aromatic hydroxyl groups is 1. The number of aryl methyl sites for hydroxylation is 2. The molecule has 0 fully saturated rings. The van der Waals surface area contributed by atoms with E-state index < -0.39 is 25.0 Å². The Hall–Kier alpha value is -4.96. The Bertz CT molecular complexity index is 2510. The number of aromatic nitrogens is 3. The molecule has 0 bridgehead atoms. The molecule has 6 rings (SSSR count). The molecule has 0 saturated heterocycles. The third-order valence-electron chi connectivity index (χ3n) is 9.60. The fourth-order valence-corrected chi connectivity index (χ4v) is 6.40. The molecule has 2 heterocycles. The molecule has 4 heteroatoms. The van der Waals surface area contributed by atoms with Crippen LogP contribution in [0.5, 0.6) is 5.75 Å². The van der Waals surface area contributed by atoms with Crippen molar-refractivity contribution in [1.29, 1.82) is 0 Å². The first-order valence-corrected chi connectivity index (χ1v) is 17.5. The summed E-state index contributed by atoms with van der Waals surface area (Å²) in [5, 5.41) is 11.9. The quantitative estimate of drug-likeness (QED) is 0.197. The van der Waals surface area contributed by atoms with E-state index in [9.17, 15) is 5.11 Å². The van der Waals surface area contributed by atoms with Gasteiger partial charge < -0.3 is 5.11 Å². The summed E-state index contributed by atoms with van der Waals surface area (Å²) >= 11 is 0. The molecule has 4 nitrogen and oxygen atoms in total. The highest BCUT2D eigenvalue weighted by atomic mass is 16.3. The third-order valence-corrected chi connectivity index (χ3v) is 9.60. The SMILES string of the molecule is [2H]C([2H])([2H])c1cc(-c2nc3c(-c4cc(-c5cc(C(=C)C)ccn5)cc(C(C)(C)C)c4)cccc3n2-c2cc(C(C)(C)C)cc(C(C)(C)C)c2)c(O)c(C([2H])([2H])[2H])c1. The molecular weight excluding hydrogens is 623 g/mol. The lowest BCUT2D eigenvalue weighted by molar-refractivity contribution is 0.472. The summed E-state index contributed by atoms with van der Waals surface area (Å²) in [5.41, 5.74) is 9.31. The van der Waals surface area contributed by atoms with Crippen molar-refractivity contribution < 1.29 is 13.3 Å². The molecule has 51 heavy (non-hydrogen) atoms. The van der Waals surface area contributed by atoms with E-state index in [1.807, 2.05) is 41.8 Å². The number of rotatable bonds is 5. The van der Waals surface area contributed by atoms with Crippen molar-refractivity contribution in [3.8, 4) is 45.2 Å². The van der Waals surface area contributed by atoms with Crippen molar-refractivity contribution in [1.82, 2.24) is 14.5 Å². The normalized spacial score (nSPS) is 14.7. The predicted molar refractivity (Wildman–Crippen MR) is 217 cm³/mol. The minimum Gasteiger partial charge on any atom is -0.507 e. The predicted octanol–water partition coefficient (Wildman–Crippen LogP) is 12.7.